The second kappa shape index (κ2) is 5.02. The van der Waals surface area contributed by atoms with E-state index in [1.165, 1.54) is 0 Å². The minimum Gasteiger partial charge on any atom is -0.310 e. The third-order valence-corrected chi connectivity index (χ3v) is 4.21. The van der Waals surface area contributed by atoms with Crippen molar-refractivity contribution in [3.05, 3.63) is 58.2 Å². The first kappa shape index (κ1) is 13.3. The van der Waals surface area contributed by atoms with E-state index in [1.54, 1.807) is 6.20 Å². The molecule has 102 valence electrons. The lowest BCUT2D eigenvalue weighted by molar-refractivity contribution is -0.118. The number of halogens is 1. The molecular formula is C16H15BrN2O. The predicted molar refractivity (Wildman–Crippen MR) is 82.7 cm³/mol. The molecule has 1 heterocycles. The number of aryl methyl sites for hydroxylation is 1. The fraction of sp³-hybridized carbons (Fsp3) is 0.250. The molecule has 0 aliphatic heterocycles. The lowest BCUT2D eigenvalue weighted by Crippen LogP contribution is -2.28. The summed E-state index contributed by atoms with van der Waals surface area (Å²) in [6.07, 6.45) is 3.54. The molecular weight excluding hydrogens is 316 g/mol. The average Bonchev–Trinajstić information content (AvgIpc) is 3.23. The van der Waals surface area contributed by atoms with Crippen LogP contribution in [0.3, 0.4) is 0 Å². The van der Waals surface area contributed by atoms with Gasteiger partial charge in [0.25, 0.3) is 0 Å². The van der Waals surface area contributed by atoms with Crippen molar-refractivity contribution in [3.8, 4) is 0 Å². The molecule has 0 radical (unpaired) electrons. The summed E-state index contributed by atoms with van der Waals surface area (Å²) in [6, 6.07) is 11.8. The van der Waals surface area contributed by atoms with Crippen molar-refractivity contribution >= 4 is 27.7 Å². The summed E-state index contributed by atoms with van der Waals surface area (Å²) in [4.78, 5) is 16.8. The number of hydrogen-bond donors (Lipinski definition) is 1. The fourth-order valence-electron chi connectivity index (χ4n) is 2.34. The maximum Gasteiger partial charge on any atom is 0.236 e. The molecule has 1 saturated carbocycles. The van der Waals surface area contributed by atoms with Crippen LogP contribution in [-0.4, -0.2) is 10.9 Å². The lowest BCUT2D eigenvalue weighted by atomic mass is 9.95. The highest BCUT2D eigenvalue weighted by Gasteiger charge is 2.51. The summed E-state index contributed by atoms with van der Waals surface area (Å²) in [5.74, 6) is 0.647. The zero-order valence-corrected chi connectivity index (χ0v) is 12.8. The van der Waals surface area contributed by atoms with Gasteiger partial charge in [0.05, 0.1) is 5.41 Å². The van der Waals surface area contributed by atoms with Crippen molar-refractivity contribution in [2.24, 2.45) is 0 Å². The molecule has 1 aliphatic carbocycles. The predicted octanol–water partition coefficient (Wildman–Crippen LogP) is 3.82. The van der Waals surface area contributed by atoms with Crippen LogP contribution >= 0.6 is 15.9 Å². The molecule has 0 unspecified atom stereocenters. The van der Waals surface area contributed by atoms with Crippen LogP contribution in [0, 0.1) is 6.92 Å². The van der Waals surface area contributed by atoms with Crippen molar-refractivity contribution < 1.29 is 4.79 Å². The van der Waals surface area contributed by atoms with Crippen LogP contribution in [-0.2, 0) is 10.2 Å². The Labute approximate surface area is 126 Å². The monoisotopic (exact) mass is 330 g/mol. The number of pyridine rings is 1. The van der Waals surface area contributed by atoms with Gasteiger partial charge in [-0.2, -0.15) is 0 Å². The first-order valence-electron chi connectivity index (χ1n) is 6.60. The van der Waals surface area contributed by atoms with Gasteiger partial charge in [0.1, 0.15) is 5.82 Å². The van der Waals surface area contributed by atoms with Crippen LogP contribution in [0.1, 0.15) is 24.0 Å². The highest BCUT2D eigenvalue weighted by molar-refractivity contribution is 9.10. The average molecular weight is 331 g/mol. The Bertz CT molecular complexity index is 648. The fourth-order valence-corrected chi connectivity index (χ4v) is 2.73. The van der Waals surface area contributed by atoms with E-state index in [0.717, 1.165) is 28.4 Å². The summed E-state index contributed by atoms with van der Waals surface area (Å²) in [5.41, 5.74) is 1.77. The van der Waals surface area contributed by atoms with Gasteiger partial charge < -0.3 is 5.32 Å². The lowest BCUT2D eigenvalue weighted by Gasteiger charge is -2.15. The Balaban J connectivity index is 1.81. The quantitative estimate of drug-likeness (QED) is 0.929. The first-order chi connectivity index (χ1) is 9.60. The SMILES string of the molecule is Cc1ccc(NC(=O)C2(c3cccc(Br)c3)CC2)nc1. The largest absolute Gasteiger partial charge is 0.310 e. The molecule has 1 amide bonds. The molecule has 2 aromatic rings. The highest BCUT2D eigenvalue weighted by atomic mass is 79.9. The number of nitrogens with one attached hydrogen (secondary N) is 1. The topological polar surface area (TPSA) is 42.0 Å². The molecule has 0 spiro atoms. The Morgan fingerprint density at radius 1 is 1.30 bits per heavy atom. The number of aromatic nitrogens is 1. The first-order valence-corrected chi connectivity index (χ1v) is 7.40. The third kappa shape index (κ3) is 2.48. The Hall–Kier alpha value is -1.68. The van der Waals surface area contributed by atoms with Crippen LogP contribution < -0.4 is 5.32 Å². The molecule has 4 heteroatoms. The number of carbonyl (C=O) groups is 1. The van der Waals surface area contributed by atoms with Crippen molar-refractivity contribution in [2.75, 3.05) is 5.32 Å². The maximum atomic E-state index is 12.5. The van der Waals surface area contributed by atoms with Crippen LogP contribution in [0.4, 0.5) is 5.82 Å². The van der Waals surface area contributed by atoms with Crippen molar-refractivity contribution in [1.29, 1.82) is 0 Å². The summed E-state index contributed by atoms with van der Waals surface area (Å²) >= 11 is 3.46. The van der Waals surface area contributed by atoms with Crippen LogP contribution in [0.5, 0.6) is 0 Å². The zero-order valence-electron chi connectivity index (χ0n) is 11.2. The second-order valence-corrected chi connectivity index (χ2v) is 6.18. The van der Waals surface area contributed by atoms with Gasteiger partial charge in [-0.1, -0.05) is 34.1 Å². The van der Waals surface area contributed by atoms with Gasteiger partial charge in [-0.3, -0.25) is 4.79 Å². The zero-order chi connectivity index (χ0) is 14.2. The van der Waals surface area contributed by atoms with E-state index in [1.807, 2.05) is 43.3 Å². The van der Waals surface area contributed by atoms with E-state index in [4.69, 9.17) is 0 Å². The van der Waals surface area contributed by atoms with Crippen LogP contribution in [0.15, 0.2) is 47.1 Å². The Morgan fingerprint density at radius 3 is 2.70 bits per heavy atom. The Kier molecular flexibility index (Phi) is 3.34. The van der Waals surface area contributed by atoms with E-state index < -0.39 is 0 Å². The molecule has 1 aliphatic rings. The van der Waals surface area contributed by atoms with Gasteiger partial charge in [-0.15, -0.1) is 0 Å². The van der Waals surface area contributed by atoms with Gasteiger partial charge in [-0.05, 0) is 49.1 Å². The Morgan fingerprint density at radius 2 is 2.10 bits per heavy atom. The van der Waals surface area contributed by atoms with E-state index in [-0.39, 0.29) is 11.3 Å². The van der Waals surface area contributed by atoms with Crippen molar-refractivity contribution in [3.63, 3.8) is 0 Å². The molecule has 1 fully saturated rings. The number of anilines is 1. The molecule has 0 atom stereocenters. The molecule has 3 rings (SSSR count). The molecule has 1 N–H and O–H groups in total. The number of rotatable bonds is 3. The molecule has 0 bridgehead atoms. The molecule has 3 nitrogen and oxygen atoms in total. The standard InChI is InChI=1S/C16H15BrN2O/c1-11-5-6-14(18-10-11)19-15(20)16(7-8-16)12-3-2-4-13(17)9-12/h2-6,9-10H,7-8H2,1H3,(H,18,19,20). The summed E-state index contributed by atoms with van der Waals surface area (Å²) in [5, 5.41) is 2.92. The van der Waals surface area contributed by atoms with Gasteiger partial charge in [-0.25, -0.2) is 4.98 Å². The molecule has 20 heavy (non-hydrogen) atoms. The number of hydrogen-bond acceptors (Lipinski definition) is 2. The van der Waals surface area contributed by atoms with Gasteiger partial charge in [0.15, 0.2) is 0 Å². The summed E-state index contributed by atoms with van der Waals surface area (Å²) in [7, 11) is 0. The molecule has 1 aromatic heterocycles. The van der Waals surface area contributed by atoms with Gasteiger partial charge in [0, 0.05) is 10.7 Å². The summed E-state index contributed by atoms with van der Waals surface area (Å²) < 4.78 is 1.00. The van der Waals surface area contributed by atoms with E-state index >= 15 is 0 Å². The van der Waals surface area contributed by atoms with Crippen LogP contribution in [0.2, 0.25) is 0 Å². The molecule has 0 saturated heterocycles. The number of carbonyl (C=O) groups excluding carboxylic acids is 1. The minimum atomic E-state index is -0.379. The summed E-state index contributed by atoms with van der Waals surface area (Å²) in [6.45, 7) is 1.97. The van der Waals surface area contributed by atoms with Crippen molar-refractivity contribution in [2.45, 2.75) is 25.2 Å². The molecule has 1 aromatic carbocycles. The third-order valence-electron chi connectivity index (χ3n) is 3.71. The highest BCUT2D eigenvalue weighted by Crippen LogP contribution is 2.49. The van der Waals surface area contributed by atoms with Gasteiger partial charge >= 0.3 is 0 Å². The van der Waals surface area contributed by atoms with Crippen LogP contribution in [0.25, 0.3) is 0 Å². The smallest absolute Gasteiger partial charge is 0.236 e. The number of nitrogens with zero attached hydrogens (tertiary/aromatic N) is 1. The van der Waals surface area contributed by atoms with E-state index in [2.05, 4.69) is 26.2 Å². The van der Waals surface area contributed by atoms with E-state index in [9.17, 15) is 4.79 Å². The normalized spacial score (nSPS) is 15.7. The maximum absolute atomic E-state index is 12.5. The van der Waals surface area contributed by atoms with E-state index in [0.29, 0.717) is 5.82 Å². The van der Waals surface area contributed by atoms with Crippen molar-refractivity contribution in [1.82, 2.24) is 4.98 Å². The second-order valence-electron chi connectivity index (χ2n) is 5.27. The number of amides is 1. The van der Waals surface area contributed by atoms with Gasteiger partial charge in [0.2, 0.25) is 5.91 Å². The minimum absolute atomic E-state index is 0.0342. The number of benzene rings is 1.